The fourth-order valence-corrected chi connectivity index (χ4v) is 3.16. The van der Waals surface area contributed by atoms with E-state index >= 15 is 0 Å². The summed E-state index contributed by atoms with van der Waals surface area (Å²) < 4.78 is 29.6. The number of hydrogen-bond acceptors (Lipinski definition) is 7. The number of aromatic nitrogens is 2. The van der Waals surface area contributed by atoms with Gasteiger partial charge in [-0.2, -0.15) is 9.55 Å². The molecule has 2 fully saturated rings. The Labute approximate surface area is 139 Å². The van der Waals surface area contributed by atoms with E-state index in [0.29, 0.717) is 5.56 Å². The molecule has 0 bridgehead atoms. The molecule has 24 heavy (non-hydrogen) atoms. The Morgan fingerprint density at radius 2 is 2.04 bits per heavy atom. The van der Waals surface area contributed by atoms with Crippen molar-refractivity contribution in [2.24, 2.45) is 0 Å². The van der Waals surface area contributed by atoms with Gasteiger partial charge in [0.2, 0.25) is 6.23 Å². The van der Waals surface area contributed by atoms with E-state index in [9.17, 15) is 9.90 Å². The van der Waals surface area contributed by atoms with Gasteiger partial charge in [-0.3, -0.25) is 0 Å². The minimum Gasteiger partial charge on any atom is -0.434 e. The lowest BCUT2D eigenvalue weighted by Gasteiger charge is -2.23. The topological polar surface area (TPSA) is 103 Å². The van der Waals surface area contributed by atoms with Crippen molar-refractivity contribution in [2.75, 3.05) is 20.8 Å². The van der Waals surface area contributed by atoms with Gasteiger partial charge in [-0.05, 0) is 13.8 Å². The van der Waals surface area contributed by atoms with E-state index in [0.717, 1.165) is 0 Å². The monoisotopic (exact) mass is 343 g/mol. The van der Waals surface area contributed by atoms with Crippen LogP contribution in [0.15, 0.2) is 11.0 Å². The number of methoxy groups -OCH3 is 2. The zero-order chi connectivity index (χ0) is 17.5. The van der Waals surface area contributed by atoms with Gasteiger partial charge in [-0.25, -0.2) is 4.79 Å². The number of ether oxygens (including phenoxy) is 5. The van der Waals surface area contributed by atoms with E-state index in [4.69, 9.17) is 23.7 Å². The number of aliphatic hydroxyl groups is 1. The molecule has 0 aromatic carbocycles. The molecule has 0 amide bonds. The first kappa shape index (κ1) is 17.3. The lowest BCUT2D eigenvalue weighted by molar-refractivity contribution is -0.772. The molecule has 134 valence electrons. The lowest BCUT2D eigenvalue weighted by atomic mass is 10.1. The van der Waals surface area contributed by atoms with E-state index in [1.165, 1.54) is 14.2 Å². The highest BCUT2D eigenvalue weighted by molar-refractivity contribution is 5.03. The van der Waals surface area contributed by atoms with Crippen LogP contribution in [0.4, 0.5) is 0 Å². The minimum atomic E-state index is -0.782. The molecule has 3 rings (SSSR count). The van der Waals surface area contributed by atoms with Gasteiger partial charge in [0, 0.05) is 7.11 Å². The molecule has 9 nitrogen and oxygen atoms in total. The molecule has 2 N–H and O–H groups in total. The summed E-state index contributed by atoms with van der Waals surface area (Å²) in [7, 11) is 2.96. The first-order valence-electron chi connectivity index (χ1n) is 7.72. The molecule has 1 aromatic rings. The summed E-state index contributed by atoms with van der Waals surface area (Å²) in [5.74, 6) is -0.782. The number of fused-ring (bicyclic) bond motifs is 1. The third-order valence-electron chi connectivity index (χ3n) is 4.11. The van der Waals surface area contributed by atoms with Gasteiger partial charge in [0.1, 0.15) is 24.0 Å². The largest absolute Gasteiger partial charge is 0.458 e. The highest BCUT2D eigenvalue weighted by Crippen LogP contribution is 2.41. The third kappa shape index (κ3) is 2.93. The van der Waals surface area contributed by atoms with Gasteiger partial charge in [-0.15, -0.1) is 0 Å². The molecule has 0 spiro atoms. The number of H-pyrrole nitrogens is 1. The molecule has 0 saturated carbocycles. The number of rotatable bonds is 5. The van der Waals surface area contributed by atoms with Crippen LogP contribution < -0.4 is 14.9 Å². The van der Waals surface area contributed by atoms with Crippen molar-refractivity contribution in [1.82, 2.24) is 4.98 Å². The van der Waals surface area contributed by atoms with E-state index in [-0.39, 0.29) is 24.8 Å². The first-order valence-corrected chi connectivity index (χ1v) is 7.72. The molecule has 0 radical (unpaired) electrons. The van der Waals surface area contributed by atoms with Crippen molar-refractivity contribution in [3.05, 3.63) is 22.1 Å². The Bertz CT molecular complexity index is 660. The average molecular weight is 343 g/mol. The number of nitrogens with one attached hydrogen (secondary N) is 1. The molecular formula is C15H23N2O7+. The second-order valence-corrected chi connectivity index (χ2v) is 6.27. The molecule has 2 aliphatic rings. The van der Waals surface area contributed by atoms with Crippen molar-refractivity contribution in [1.29, 1.82) is 0 Å². The molecule has 2 aliphatic heterocycles. The fraction of sp³-hybridized carbons (Fsp3) is 0.733. The van der Waals surface area contributed by atoms with Gasteiger partial charge in [0.15, 0.2) is 11.9 Å². The zero-order valence-corrected chi connectivity index (χ0v) is 14.1. The quantitative estimate of drug-likeness (QED) is 0.677. The SMILES string of the molecule is COCc1c[n+]([C@@H]2O[C@H](CO)[C@H]3OC(C)(C)O[C@H]32)c(OC)[nH]c1=O. The highest BCUT2D eigenvalue weighted by atomic mass is 16.8. The molecule has 9 heteroatoms. The highest BCUT2D eigenvalue weighted by Gasteiger charge is 2.58. The average Bonchev–Trinajstić information content (AvgIpc) is 3.02. The normalized spacial score (nSPS) is 31.2. The predicted molar refractivity (Wildman–Crippen MR) is 79.3 cm³/mol. The van der Waals surface area contributed by atoms with Crippen LogP contribution in [-0.4, -0.2) is 55.0 Å². The summed E-state index contributed by atoms with van der Waals surface area (Å²) in [6, 6.07) is 0.218. The van der Waals surface area contributed by atoms with E-state index in [1.54, 1.807) is 10.8 Å². The maximum absolute atomic E-state index is 12.0. The summed E-state index contributed by atoms with van der Waals surface area (Å²) in [6.07, 6.45) is -0.396. The molecular weight excluding hydrogens is 320 g/mol. The Morgan fingerprint density at radius 1 is 1.33 bits per heavy atom. The van der Waals surface area contributed by atoms with Crippen LogP contribution in [0.25, 0.3) is 0 Å². The Balaban J connectivity index is 2.01. The summed E-state index contributed by atoms with van der Waals surface area (Å²) in [6.45, 7) is 3.56. The smallest absolute Gasteiger partial charge is 0.434 e. The number of aromatic amines is 1. The maximum atomic E-state index is 12.0. The molecule has 4 atom stereocenters. The van der Waals surface area contributed by atoms with Crippen LogP contribution in [0.3, 0.4) is 0 Å². The van der Waals surface area contributed by atoms with Crippen molar-refractivity contribution < 1.29 is 33.4 Å². The minimum absolute atomic E-state index is 0.145. The van der Waals surface area contributed by atoms with Crippen LogP contribution in [0.2, 0.25) is 0 Å². The Kier molecular flexibility index (Phi) is 4.63. The molecule has 2 saturated heterocycles. The van der Waals surface area contributed by atoms with Crippen LogP contribution >= 0.6 is 0 Å². The first-order chi connectivity index (χ1) is 11.4. The number of aliphatic hydroxyl groups excluding tert-OH is 1. The number of hydrogen-bond donors (Lipinski definition) is 2. The van der Waals surface area contributed by atoms with Crippen molar-refractivity contribution in [2.45, 2.75) is 50.8 Å². The maximum Gasteiger partial charge on any atom is 0.458 e. The lowest BCUT2D eigenvalue weighted by Crippen LogP contribution is -2.49. The van der Waals surface area contributed by atoms with E-state index in [2.05, 4.69) is 4.98 Å². The van der Waals surface area contributed by atoms with Crippen LogP contribution in [0, 0.1) is 0 Å². The Morgan fingerprint density at radius 3 is 2.67 bits per heavy atom. The van der Waals surface area contributed by atoms with Gasteiger partial charge >= 0.3 is 11.6 Å². The van der Waals surface area contributed by atoms with Gasteiger partial charge in [0.05, 0.1) is 20.3 Å². The second kappa shape index (κ2) is 6.41. The standard InChI is InChI=1S/C15H22N2O7/c1-15(2)23-10-9(6-18)22-13(11(10)24-15)17-5-8(7-20-3)12(19)16-14(17)21-4/h5,9-11,13,18H,6-7H2,1-4H3/p+1/t9-,10-,11-,13-/m1/s1. The molecule has 0 unspecified atom stereocenters. The molecule has 0 aliphatic carbocycles. The van der Waals surface area contributed by atoms with Crippen LogP contribution in [-0.2, 0) is 25.6 Å². The summed E-state index contributed by atoms with van der Waals surface area (Å²) >= 11 is 0. The van der Waals surface area contributed by atoms with Gasteiger partial charge in [0.25, 0.3) is 0 Å². The number of nitrogens with zero attached hydrogens (tertiary/aromatic N) is 1. The van der Waals surface area contributed by atoms with E-state index < -0.39 is 30.3 Å². The second-order valence-electron chi connectivity index (χ2n) is 6.27. The van der Waals surface area contributed by atoms with Crippen molar-refractivity contribution >= 4 is 0 Å². The fourth-order valence-electron chi connectivity index (χ4n) is 3.16. The zero-order valence-electron chi connectivity index (χ0n) is 14.1. The molecule has 1 aromatic heterocycles. The van der Waals surface area contributed by atoms with Crippen LogP contribution in [0.5, 0.6) is 6.01 Å². The Hall–Kier alpha value is -1.52. The molecule has 3 heterocycles. The van der Waals surface area contributed by atoms with Crippen molar-refractivity contribution in [3.63, 3.8) is 0 Å². The summed E-state index contributed by atoms with van der Waals surface area (Å²) in [5, 5.41) is 9.58. The predicted octanol–water partition coefficient (Wildman–Crippen LogP) is -0.773. The third-order valence-corrected chi connectivity index (χ3v) is 4.11. The summed E-state index contributed by atoms with van der Waals surface area (Å²) in [4.78, 5) is 14.7. The van der Waals surface area contributed by atoms with Gasteiger partial charge in [-0.1, -0.05) is 0 Å². The van der Waals surface area contributed by atoms with Gasteiger partial charge < -0.3 is 28.8 Å². The van der Waals surface area contributed by atoms with Crippen molar-refractivity contribution in [3.8, 4) is 6.01 Å². The van der Waals surface area contributed by atoms with E-state index in [1.807, 2.05) is 13.8 Å². The van der Waals surface area contributed by atoms with Crippen LogP contribution in [0.1, 0.15) is 25.6 Å². The summed E-state index contributed by atoms with van der Waals surface area (Å²) in [5.41, 5.74) is 0.117.